The fraction of sp³-hybridized carbons (Fsp3) is 0.500. The van der Waals surface area contributed by atoms with E-state index in [1.54, 1.807) is 12.4 Å². The molecule has 0 amide bonds. The van der Waals surface area contributed by atoms with Crippen molar-refractivity contribution in [2.24, 2.45) is 4.99 Å². The lowest BCUT2D eigenvalue weighted by Crippen LogP contribution is -2.35. The Hall–Kier alpha value is -1.05. The molecule has 5 nitrogen and oxygen atoms in total. The molecule has 1 rings (SSSR count). The van der Waals surface area contributed by atoms with Crippen LogP contribution in [0.2, 0.25) is 0 Å². The van der Waals surface area contributed by atoms with Crippen LogP contribution < -0.4 is 4.74 Å². The second-order valence-electron chi connectivity index (χ2n) is 4.01. The maximum absolute atomic E-state index is 5.51. The molecule has 0 saturated heterocycles. The molecule has 0 bridgehead atoms. The largest absolute Gasteiger partial charge is 0.490 e. The summed E-state index contributed by atoms with van der Waals surface area (Å²) < 4.78 is 5.51. The van der Waals surface area contributed by atoms with E-state index in [4.69, 9.17) is 4.74 Å². The summed E-state index contributed by atoms with van der Waals surface area (Å²) in [7, 11) is 7.89. The summed E-state index contributed by atoms with van der Waals surface area (Å²) in [6, 6.07) is 3.74. The summed E-state index contributed by atoms with van der Waals surface area (Å²) >= 11 is 0. The molecule has 102 valence electrons. The molecule has 1 aromatic heterocycles. The molecule has 1 aromatic rings. The fourth-order valence-electron chi connectivity index (χ4n) is 1.42. The van der Waals surface area contributed by atoms with Gasteiger partial charge in [0.05, 0.1) is 12.7 Å². The molecule has 0 atom stereocenters. The van der Waals surface area contributed by atoms with Crippen LogP contribution in [0.5, 0.6) is 5.75 Å². The molecular formula is C12H21IN4O. The lowest BCUT2D eigenvalue weighted by molar-refractivity contribution is 0.325. The average Bonchev–Trinajstić information content (AvgIpc) is 2.29. The number of aliphatic imine (C=N–C) groups is 1. The van der Waals surface area contributed by atoms with Crippen molar-refractivity contribution in [2.45, 2.75) is 0 Å². The zero-order valence-electron chi connectivity index (χ0n) is 11.3. The Labute approximate surface area is 126 Å². The molecule has 1 heterocycles. The number of aromatic nitrogens is 1. The molecule has 0 saturated carbocycles. The van der Waals surface area contributed by atoms with E-state index in [2.05, 4.69) is 9.98 Å². The van der Waals surface area contributed by atoms with Crippen molar-refractivity contribution in [2.75, 3.05) is 41.3 Å². The van der Waals surface area contributed by atoms with Crippen LogP contribution in [0.15, 0.2) is 29.5 Å². The maximum atomic E-state index is 5.51. The highest BCUT2D eigenvalue weighted by Crippen LogP contribution is 2.05. The van der Waals surface area contributed by atoms with Gasteiger partial charge in [-0.1, -0.05) is 0 Å². The number of halogens is 1. The van der Waals surface area contributed by atoms with Gasteiger partial charge in [0.15, 0.2) is 5.96 Å². The molecule has 0 fully saturated rings. The summed E-state index contributed by atoms with van der Waals surface area (Å²) in [5, 5.41) is 0. The van der Waals surface area contributed by atoms with Crippen LogP contribution in [0, 0.1) is 0 Å². The van der Waals surface area contributed by atoms with Gasteiger partial charge in [0, 0.05) is 34.4 Å². The van der Waals surface area contributed by atoms with E-state index in [1.165, 1.54) is 0 Å². The molecule has 0 unspecified atom stereocenters. The predicted octanol–water partition coefficient (Wildman–Crippen LogP) is 1.56. The summed E-state index contributed by atoms with van der Waals surface area (Å²) in [6.45, 7) is 1.18. The summed E-state index contributed by atoms with van der Waals surface area (Å²) in [4.78, 5) is 12.4. The van der Waals surface area contributed by atoms with Crippen LogP contribution in [0.3, 0.4) is 0 Å². The molecule has 0 N–H and O–H groups in total. The second kappa shape index (κ2) is 8.96. The van der Waals surface area contributed by atoms with Crippen molar-refractivity contribution in [3.8, 4) is 5.75 Å². The lowest BCUT2D eigenvalue weighted by atomic mass is 10.5. The Bertz CT molecular complexity index is 344. The van der Waals surface area contributed by atoms with E-state index in [-0.39, 0.29) is 24.0 Å². The average molecular weight is 364 g/mol. The van der Waals surface area contributed by atoms with E-state index in [0.717, 1.165) is 11.7 Å². The van der Waals surface area contributed by atoms with E-state index in [1.807, 2.05) is 50.1 Å². The van der Waals surface area contributed by atoms with Crippen LogP contribution >= 0.6 is 24.0 Å². The van der Waals surface area contributed by atoms with Crippen molar-refractivity contribution in [3.05, 3.63) is 24.5 Å². The van der Waals surface area contributed by atoms with E-state index < -0.39 is 0 Å². The molecule has 0 radical (unpaired) electrons. The Morgan fingerprint density at radius 3 is 2.44 bits per heavy atom. The van der Waals surface area contributed by atoms with E-state index in [0.29, 0.717) is 13.2 Å². The first kappa shape index (κ1) is 16.9. The minimum absolute atomic E-state index is 0. The third-order valence-corrected chi connectivity index (χ3v) is 2.05. The second-order valence-corrected chi connectivity index (χ2v) is 4.01. The summed E-state index contributed by atoms with van der Waals surface area (Å²) in [5.41, 5.74) is 0. The highest BCUT2D eigenvalue weighted by molar-refractivity contribution is 14.0. The number of nitrogens with zero attached hydrogens (tertiary/aromatic N) is 4. The molecule has 6 heteroatoms. The molecule has 0 aliphatic carbocycles. The summed E-state index contributed by atoms with van der Waals surface area (Å²) in [6.07, 6.45) is 3.42. The van der Waals surface area contributed by atoms with Crippen molar-refractivity contribution in [1.82, 2.24) is 14.8 Å². The van der Waals surface area contributed by atoms with Gasteiger partial charge in [-0.15, -0.1) is 24.0 Å². The number of rotatable bonds is 4. The Balaban J connectivity index is 0.00000289. The standard InChI is InChI=1S/C12H20N4O.HI/c1-15(2)12(16(3)4)14-8-9-17-11-6-5-7-13-10-11;/h5-7,10H,8-9H2,1-4H3;1H. The lowest BCUT2D eigenvalue weighted by Gasteiger charge is -2.22. The highest BCUT2D eigenvalue weighted by atomic mass is 127. The van der Waals surface area contributed by atoms with Crippen molar-refractivity contribution in [3.63, 3.8) is 0 Å². The quantitative estimate of drug-likeness (QED) is 0.352. The van der Waals surface area contributed by atoms with Crippen molar-refractivity contribution in [1.29, 1.82) is 0 Å². The van der Waals surface area contributed by atoms with Crippen LogP contribution in [0.4, 0.5) is 0 Å². The minimum atomic E-state index is 0. The summed E-state index contributed by atoms with van der Waals surface area (Å²) in [5.74, 6) is 1.71. The normalized spacial score (nSPS) is 9.11. The van der Waals surface area contributed by atoms with Gasteiger partial charge < -0.3 is 14.5 Å². The zero-order chi connectivity index (χ0) is 12.7. The van der Waals surface area contributed by atoms with Gasteiger partial charge in [0.25, 0.3) is 0 Å². The third-order valence-electron chi connectivity index (χ3n) is 2.05. The smallest absolute Gasteiger partial charge is 0.195 e. The van der Waals surface area contributed by atoms with Gasteiger partial charge in [0.2, 0.25) is 0 Å². The first-order valence-corrected chi connectivity index (χ1v) is 5.53. The van der Waals surface area contributed by atoms with Gasteiger partial charge in [-0.05, 0) is 12.1 Å². The van der Waals surface area contributed by atoms with Crippen LogP contribution in [0.1, 0.15) is 0 Å². The first-order chi connectivity index (χ1) is 8.11. The van der Waals surface area contributed by atoms with Crippen molar-refractivity contribution >= 4 is 29.9 Å². The molecule has 18 heavy (non-hydrogen) atoms. The first-order valence-electron chi connectivity index (χ1n) is 5.53. The molecule has 0 spiro atoms. The zero-order valence-corrected chi connectivity index (χ0v) is 13.7. The van der Waals surface area contributed by atoms with Gasteiger partial charge in [-0.3, -0.25) is 4.98 Å². The highest BCUT2D eigenvalue weighted by Gasteiger charge is 2.02. The topological polar surface area (TPSA) is 41.0 Å². The van der Waals surface area contributed by atoms with Gasteiger partial charge in [0.1, 0.15) is 12.4 Å². The van der Waals surface area contributed by atoms with E-state index in [9.17, 15) is 0 Å². The van der Waals surface area contributed by atoms with E-state index >= 15 is 0 Å². The van der Waals surface area contributed by atoms with Gasteiger partial charge in [-0.25, -0.2) is 4.99 Å². The molecule has 0 aliphatic rings. The SMILES string of the molecule is CN(C)C(=NCCOc1cccnc1)N(C)C.I. The monoisotopic (exact) mass is 364 g/mol. The van der Waals surface area contributed by atoms with Crippen LogP contribution in [-0.2, 0) is 0 Å². The molecule has 0 aromatic carbocycles. The molecular weight excluding hydrogens is 343 g/mol. The number of ether oxygens (including phenoxy) is 1. The number of hydrogen-bond acceptors (Lipinski definition) is 3. The fourth-order valence-corrected chi connectivity index (χ4v) is 1.42. The number of guanidine groups is 1. The number of hydrogen-bond donors (Lipinski definition) is 0. The molecule has 0 aliphatic heterocycles. The van der Waals surface area contributed by atoms with Crippen molar-refractivity contribution < 1.29 is 4.74 Å². The Morgan fingerprint density at radius 2 is 1.94 bits per heavy atom. The Morgan fingerprint density at radius 1 is 1.28 bits per heavy atom. The maximum Gasteiger partial charge on any atom is 0.195 e. The predicted molar refractivity (Wildman–Crippen MR) is 84.8 cm³/mol. The Kier molecular flexibility index (Phi) is 8.43. The van der Waals surface area contributed by atoms with Crippen LogP contribution in [0.25, 0.3) is 0 Å². The number of pyridine rings is 1. The third kappa shape index (κ3) is 6.04. The van der Waals surface area contributed by atoms with Crippen LogP contribution in [-0.4, -0.2) is 62.1 Å². The minimum Gasteiger partial charge on any atom is -0.490 e. The van der Waals surface area contributed by atoms with Gasteiger partial charge >= 0.3 is 0 Å². The van der Waals surface area contributed by atoms with Gasteiger partial charge in [-0.2, -0.15) is 0 Å².